The standard InChI is InChI=1S/C34H35BrClN5O4S/c1-22-2-9-26(10-3-22)46-34(32(44)39-13-15-40(16-14-39)33(45)37-12-17-42)19-30(43)41(21-23-4-6-24(35)7-5-23)31(34)28-20-38-29-18-25(36)8-11-27(28)29/h2-11,18,20,31,38,42H,12-17,19,21H2,1H3,(H,37,45)/t31-,34-/m0/s1. The summed E-state index contributed by atoms with van der Waals surface area (Å²) in [5.74, 6) is -0.236. The van der Waals surface area contributed by atoms with Gasteiger partial charge in [0.15, 0.2) is 0 Å². The molecule has 0 saturated carbocycles. The Bertz CT molecular complexity index is 1740. The van der Waals surface area contributed by atoms with Crippen molar-refractivity contribution >= 4 is 68.0 Å². The lowest BCUT2D eigenvalue weighted by molar-refractivity contribution is -0.136. The van der Waals surface area contributed by atoms with Crippen LogP contribution in [0.2, 0.25) is 5.02 Å². The van der Waals surface area contributed by atoms with Gasteiger partial charge in [0.25, 0.3) is 0 Å². The van der Waals surface area contributed by atoms with Crippen molar-refractivity contribution in [2.24, 2.45) is 0 Å². The van der Waals surface area contributed by atoms with E-state index in [0.29, 0.717) is 37.7 Å². The minimum absolute atomic E-state index is 0.0169. The van der Waals surface area contributed by atoms with Gasteiger partial charge in [0.1, 0.15) is 4.75 Å². The topological polar surface area (TPSA) is 109 Å². The zero-order valence-corrected chi connectivity index (χ0v) is 28.5. The minimum Gasteiger partial charge on any atom is -0.395 e. The van der Waals surface area contributed by atoms with Crippen LogP contribution in [0.3, 0.4) is 0 Å². The molecule has 2 saturated heterocycles. The zero-order chi connectivity index (χ0) is 32.4. The summed E-state index contributed by atoms with van der Waals surface area (Å²) >= 11 is 11.3. The normalized spacial score (nSPS) is 20.0. The number of hydrogen-bond donors (Lipinski definition) is 3. The number of rotatable bonds is 8. The van der Waals surface area contributed by atoms with E-state index >= 15 is 4.79 Å². The molecule has 0 spiro atoms. The molecule has 9 nitrogen and oxygen atoms in total. The van der Waals surface area contributed by atoms with E-state index in [1.54, 1.807) is 9.80 Å². The highest BCUT2D eigenvalue weighted by Crippen LogP contribution is 2.55. The Morgan fingerprint density at radius 2 is 1.74 bits per heavy atom. The van der Waals surface area contributed by atoms with Gasteiger partial charge in [-0.15, -0.1) is 11.8 Å². The zero-order valence-electron chi connectivity index (χ0n) is 25.3. The molecule has 0 aliphatic carbocycles. The first-order chi connectivity index (χ1) is 22.2. The Morgan fingerprint density at radius 3 is 2.43 bits per heavy atom. The molecular formula is C34H35BrClN5O4S. The number of fused-ring (bicyclic) bond motifs is 1. The van der Waals surface area contributed by atoms with Crippen LogP contribution in [-0.4, -0.2) is 86.7 Å². The maximum absolute atomic E-state index is 15.1. The molecule has 3 heterocycles. The number of piperazine rings is 1. The molecule has 2 aliphatic rings. The van der Waals surface area contributed by atoms with Crippen LogP contribution in [0, 0.1) is 6.92 Å². The molecule has 0 radical (unpaired) electrons. The number of thioether (sulfide) groups is 1. The maximum atomic E-state index is 15.1. The summed E-state index contributed by atoms with van der Waals surface area (Å²) in [6.45, 7) is 3.74. The number of aromatic amines is 1. The minimum atomic E-state index is -1.20. The van der Waals surface area contributed by atoms with Crippen LogP contribution in [0.15, 0.2) is 82.3 Å². The summed E-state index contributed by atoms with van der Waals surface area (Å²) in [5, 5.41) is 13.3. The molecule has 2 atom stereocenters. The molecule has 240 valence electrons. The third-order valence-electron chi connectivity index (χ3n) is 8.65. The van der Waals surface area contributed by atoms with Crippen LogP contribution in [-0.2, 0) is 16.1 Å². The predicted molar refractivity (Wildman–Crippen MR) is 184 cm³/mol. The highest BCUT2D eigenvalue weighted by Gasteiger charge is 2.59. The van der Waals surface area contributed by atoms with Gasteiger partial charge in [-0.25, -0.2) is 4.79 Å². The average Bonchev–Trinajstić information content (AvgIpc) is 3.58. The van der Waals surface area contributed by atoms with E-state index in [1.165, 1.54) is 11.8 Å². The van der Waals surface area contributed by atoms with Crippen molar-refractivity contribution in [3.8, 4) is 0 Å². The van der Waals surface area contributed by atoms with Gasteiger partial charge in [0.05, 0.1) is 19.1 Å². The highest BCUT2D eigenvalue weighted by molar-refractivity contribution is 9.10. The van der Waals surface area contributed by atoms with Gasteiger partial charge in [0, 0.05) is 76.3 Å². The lowest BCUT2D eigenvalue weighted by Gasteiger charge is -2.42. The summed E-state index contributed by atoms with van der Waals surface area (Å²) in [6.07, 6.45) is 1.92. The van der Waals surface area contributed by atoms with E-state index in [-0.39, 0.29) is 37.4 Å². The summed E-state index contributed by atoms with van der Waals surface area (Å²) in [6, 6.07) is 20.7. The number of benzene rings is 3. The van der Waals surface area contributed by atoms with Crippen molar-refractivity contribution in [3.63, 3.8) is 0 Å². The van der Waals surface area contributed by atoms with Gasteiger partial charge in [-0.3, -0.25) is 9.59 Å². The number of carbonyl (C=O) groups is 3. The largest absolute Gasteiger partial charge is 0.395 e. The van der Waals surface area contributed by atoms with Crippen molar-refractivity contribution < 1.29 is 19.5 Å². The summed E-state index contributed by atoms with van der Waals surface area (Å²) in [5.41, 5.74) is 3.74. The Kier molecular flexibility index (Phi) is 9.65. The lowest BCUT2D eigenvalue weighted by Crippen LogP contribution is -2.58. The molecule has 12 heteroatoms. The number of carbonyl (C=O) groups excluding carboxylic acids is 3. The average molecular weight is 725 g/mol. The lowest BCUT2D eigenvalue weighted by atomic mass is 9.90. The number of hydrogen-bond acceptors (Lipinski definition) is 5. The first-order valence-electron chi connectivity index (χ1n) is 15.2. The van der Waals surface area contributed by atoms with Crippen LogP contribution in [0.25, 0.3) is 10.9 Å². The van der Waals surface area contributed by atoms with Crippen LogP contribution in [0.5, 0.6) is 0 Å². The van der Waals surface area contributed by atoms with Gasteiger partial charge in [0.2, 0.25) is 11.8 Å². The number of halogens is 2. The second-order valence-electron chi connectivity index (χ2n) is 11.7. The van der Waals surface area contributed by atoms with E-state index in [1.807, 2.05) is 84.8 Å². The summed E-state index contributed by atoms with van der Waals surface area (Å²) in [4.78, 5) is 51.4. The number of H-pyrrole nitrogens is 1. The van der Waals surface area contributed by atoms with Gasteiger partial charge in [-0.1, -0.05) is 63.4 Å². The SMILES string of the molecule is Cc1ccc(S[C@@]2(C(=O)N3CCN(C(=O)NCCO)CC3)CC(=O)N(Cc3ccc(Br)cc3)[C@H]2c2c[nH]c3cc(Cl)ccc23)cc1. The van der Waals surface area contributed by atoms with Gasteiger partial charge < -0.3 is 30.1 Å². The molecule has 3 N–H and O–H groups in total. The number of aromatic nitrogens is 1. The molecular weight excluding hydrogens is 690 g/mol. The fraction of sp³-hybridized carbons (Fsp3) is 0.324. The number of aliphatic hydroxyl groups excluding tert-OH is 1. The molecule has 4 amide bonds. The van der Waals surface area contributed by atoms with Gasteiger partial charge >= 0.3 is 6.03 Å². The smallest absolute Gasteiger partial charge is 0.317 e. The first kappa shape index (κ1) is 32.4. The van der Waals surface area contributed by atoms with E-state index in [2.05, 4.69) is 26.2 Å². The van der Waals surface area contributed by atoms with Crippen molar-refractivity contribution in [1.29, 1.82) is 0 Å². The van der Waals surface area contributed by atoms with Gasteiger partial charge in [-0.05, 0) is 48.9 Å². The van der Waals surface area contributed by atoms with E-state index in [4.69, 9.17) is 16.7 Å². The number of urea groups is 1. The molecule has 46 heavy (non-hydrogen) atoms. The van der Waals surface area contributed by atoms with Crippen molar-refractivity contribution in [2.75, 3.05) is 39.3 Å². The number of aliphatic hydroxyl groups is 1. The van der Waals surface area contributed by atoms with Gasteiger partial charge in [-0.2, -0.15) is 0 Å². The monoisotopic (exact) mass is 723 g/mol. The first-order valence-corrected chi connectivity index (χ1v) is 17.2. The van der Waals surface area contributed by atoms with Crippen molar-refractivity contribution in [1.82, 2.24) is 25.0 Å². The van der Waals surface area contributed by atoms with E-state index in [0.717, 1.165) is 37.0 Å². The number of nitrogens with one attached hydrogen (secondary N) is 2. The predicted octanol–water partition coefficient (Wildman–Crippen LogP) is 5.74. The number of likely N-dealkylation sites (tertiary alicyclic amines) is 1. The quantitative estimate of drug-likeness (QED) is 0.215. The Balaban J connectivity index is 1.44. The van der Waals surface area contributed by atoms with Crippen LogP contribution in [0.4, 0.5) is 4.79 Å². The second-order valence-corrected chi connectivity index (χ2v) is 14.5. The van der Waals surface area contributed by atoms with Crippen LogP contribution < -0.4 is 5.32 Å². The Labute approximate surface area is 285 Å². The summed E-state index contributed by atoms with van der Waals surface area (Å²) < 4.78 is -0.254. The molecule has 0 unspecified atom stereocenters. The molecule has 2 aliphatic heterocycles. The van der Waals surface area contributed by atoms with Crippen molar-refractivity contribution in [2.45, 2.75) is 35.6 Å². The molecule has 6 rings (SSSR count). The van der Waals surface area contributed by atoms with E-state index in [9.17, 15) is 9.59 Å². The third kappa shape index (κ3) is 6.51. The fourth-order valence-corrected chi connectivity index (χ4v) is 8.26. The van der Waals surface area contributed by atoms with E-state index < -0.39 is 10.8 Å². The van der Waals surface area contributed by atoms with Crippen LogP contribution in [0.1, 0.15) is 29.2 Å². The molecule has 2 fully saturated rings. The fourth-order valence-electron chi connectivity index (χ4n) is 6.35. The number of amides is 4. The molecule has 4 aromatic rings. The number of nitrogens with zero attached hydrogens (tertiary/aromatic N) is 3. The van der Waals surface area contributed by atoms with Crippen LogP contribution >= 0.6 is 39.3 Å². The Morgan fingerprint density at radius 1 is 1.04 bits per heavy atom. The second kappa shape index (κ2) is 13.7. The molecule has 0 bridgehead atoms. The van der Waals surface area contributed by atoms with Crippen molar-refractivity contribution in [3.05, 3.63) is 99.1 Å². The maximum Gasteiger partial charge on any atom is 0.317 e. The number of aryl methyl sites for hydroxylation is 1. The highest BCUT2D eigenvalue weighted by atomic mass is 79.9. The Hall–Kier alpha value is -3.51. The summed E-state index contributed by atoms with van der Waals surface area (Å²) in [7, 11) is 0. The molecule has 3 aromatic carbocycles. The third-order valence-corrected chi connectivity index (χ3v) is 10.8. The molecule has 1 aromatic heterocycles.